The van der Waals surface area contributed by atoms with Gasteiger partial charge in [-0.1, -0.05) is 85.9 Å². The first-order valence-corrected chi connectivity index (χ1v) is 7.82. The summed E-state index contributed by atoms with van der Waals surface area (Å²) in [6, 6.07) is 0. The van der Waals surface area contributed by atoms with Crippen molar-refractivity contribution in [1.82, 2.24) is 5.32 Å². The van der Waals surface area contributed by atoms with E-state index >= 15 is 0 Å². The monoisotopic (exact) mass is 311 g/mol. The first-order valence-electron chi connectivity index (χ1n) is 7.82. The lowest BCUT2D eigenvalue weighted by Crippen LogP contribution is -2.25. The Balaban J connectivity index is 2.70. The maximum atomic E-state index is 11.6. The van der Waals surface area contributed by atoms with E-state index in [0.29, 0.717) is 13.0 Å². The molecule has 0 aromatic rings. The number of allylic oxidation sites excluding steroid dienone is 10. The van der Waals surface area contributed by atoms with Gasteiger partial charge >= 0.3 is 0 Å². The summed E-state index contributed by atoms with van der Waals surface area (Å²) in [5.41, 5.74) is 0. The summed E-state index contributed by atoms with van der Waals surface area (Å²) in [5.74, 6) is 0.160. The van der Waals surface area contributed by atoms with Crippen molar-refractivity contribution < 1.29 is 9.90 Å². The molecular formula is C20H25NO2. The molecule has 1 aliphatic heterocycles. The van der Waals surface area contributed by atoms with Gasteiger partial charge in [-0.05, 0) is 12.3 Å². The van der Waals surface area contributed by atoms with Crippen LogP contribution in [0, 0.1) is 5.92 Å². The Labute approximate surface area is 138 Å². The van der Waals surface area contributed by atoms with Crippen LogP contribution in [-0.2, 0) is 4.79 Å². The molecule has 0 saturated heterocycles. The van der Waals surface area contributed by atoms with E-state index in [9.17, 15) is 9.90 Å². The van der Waals surface area contributed by atoms with Crippen molar-refractivity contribution in [3.63, 3.8) is 0 Å². The van der Waals surface area contributed by atoms with Crippen LogP contribution in [0.1, 0.15) is 13.3 Å². The molecule has 0 radical (unpaired) electrons. The highest BCUT2D eigenvalue weighted by atomic mass is 16.3. The average Bonchev–Trinajstić information content (AvgIpc) is 2.53. The summed E-state index contributed by atoms with van der Waals surface area (Å²) >= 11 is 0. The molecule has 3 heteroatoms. The molecular weight excluding hydrogens is 286 g/mol. The van der Waals surface area contributed by atoms with Crippen LogP contribution < -0.4 is 5.32 Å². The fraction of sp³-hybridized carbons (Fsp3) is 0.250. The predicted molar refractivity (Wildman–Crippen MR) is 96.8 cm³/mol. The van der Waals surface area contributed by atoms with E-state index in [2.05, 4.69) is 5.32 Å². The largest absolute Gasteiger partial charge is 0.389 e. The molecule has 2 atom stereocenters. The van der Waals surface area contributed by atoms with Gasteiger partial charge in [-0.2, -0.15) is 0 Å². The van der Waals surface area contributed by atoms with E-state index in [1.165, 1.54) is 6.08 Å². The molecule has 2 unspecified atom stereocenters. The highest BCUT2D eigenvalue weighted by Gasteiger charge is 1.98. The van der Waals surface area contributed by atoms with Gasteiger partial charge in [0.15, 0.2) is 0 Å². The molecule has 3 nitrogen and oxygen atoms in total. The third-order valence-electron chi connectivity index (χ3n) is 3.02. The molecule has 2 N–H and O–H groups in total. The highest BCUT2D eigenvalue weighted by molar-refractivity contribution is 5.87. The van der Waals surface area contributed by atoms with Gasteiger partial charge in [0.2, 0.25) is 5.91 Å². The van der Waals surface area contributed by atoms with Crippen LogP contribution in [0.3, 0.4) is 0 Å². The van der Waals surface area contributed by atoms with Crippen molar-refractivity contribution in [2.24, 2.45) is 5.92 Å². The number of rotatable bonds is 0. The molecule has 1 aliphatic rings. The molecule has 1 heterocycles. The molecule has 122 valence electrons. The Bertz CT molecular complexity index is 548. The van der Waals surface area contributed by atoms with Gasteiger partial charge in [0, 0.05) is 12.6 Å². The fourth-order valence-corrected chi connectivity index (χ4v) is 1.74. The first-order chi connectivity index (χ1) is 11.2. The Morgan fingerprint density at radius 1 is 0.913 bits per heavy atom. The molecule has 0 spiro atoms. The summed E-state index contributed by atoms with van der Waals surface area (Å²) in [7, 11) is 0. The molecule has 0 fully saturated rings. The van der Waals surface area contributed by atoms with Crippen LogP contribution in [0.25, 0.3) is 0 Å². The number of aliphatic hydroxyl groups is 1. The number of hydrogen-bond acceptors (Lipinski definition) is 2. The topological polar surface area (TPSA) is 49.3 Å². The molecule has 0 aromatic carbocycles. The number of nitrogens with one attached hydrogen (secondary N) is 1. The summed E-state index contributed by atoms with van der Waals surface area (Å²) in [6.45, 7) is 2.65. The third kappa shape index (κ3) is 10.9. The van der Waals surface area contributed by atoms with Gasteiger partial charge in [0.25, 0.3) is 0 Å². The van der Waals surface area contributed by atoms with Crippen LogP contribution in [0.15, 0.2) is 85.1 Å². The van der Waals surface area contributed by atoms with Crippen LogP contribution in [0.4, 0.5) is 0 Å². The van der Waals surface area contributed by atoms with E-state index in [1.54, 1.807) is 18.2 Å². The van der Waals surface area contributed by atoms with Crippen molar-refractivity contribution in [1.29, 1.82) is 0 Å². The first kappa shape index (κ1) is 18.7. The van der Waals surface area contributed by atoms with Crippen molar-refractivity contribution in [2.75, 3.05) is 6.54 Å². The zero-order chi connectivity index (χ0) is 16.8. The van der Waals surface area contributed by atoms with Gasteiger partial charge in [-0.15, -0.1) is 0 Å². The summed E-state index contributed by atoms with van der Waals surface area (Å²) in [5, 5.41) is 12.6. The van der Waals surface area contributed by atoms with E-state index in [1.807, 2.05) is 67.7 Å². The molecule has 23 heavy (non-hydrogen) atoms. The van der Waals surface area contributed by atoms with Crippen LogP contribution in [0.5, 0.6) is 0 Å². The van der Waals surface area contributed by atoms with Gasteiger partial charge in [0.05, 0.1) is 6.10 Å². The highest BCUT2D eigenvalue weighted by Crippen LogP contribution is 1.98. The Kier molecular flexibility index (Phi) is 9.88. The summed E-state index contributed by atoms with van der Waals surface area (Å²) in [4.78, 5) is 11.6. The molecule has 0 aromatic heterocycles. The van der Waals surface area contributed by atoms with Crippen molar-refractivity contribution in [2.45, 2.75) is 19.4 Å². The minimum Gasteiger partial charge on any atom is -0.389 e. The summed E-state index contributed by atoms with van der Waals surface area (Å²) in [6.07, 6.45) is 25.8. The van der Waals surface area contributed by atoms with Crippen LogP contribution in [0.2, 0.25) is 0 Å². The minimum atomic E-state index is -0.499. The minimum absolute atomic E-state index is 0.104. The smallest absolute Gasteiger partial charge is 0.243 e. The maximum absolute atomic E-state index is 11.6. The molecule has 0 aliphatic carbocycles. The second-order valence-corrected chi connectivity index (χ2v) is 5.24. The molecule has 0 saturated carbocycles. The van der Waals surface area contributed by atoms with Gasteiger partial charge in [-0.25, -0.2) is 0 Å². The second kappa shape index (κ2) is 12.2. The zero-order valence-electron chi connectivity index (χ0n) is 13.5. The number of hydrogen-bond donors (Lipinski definition) is 2. The average molecular weight is 311 g/mol. The zero-order valence-corrected chi connectivity index (χ0v) is 13.5. The number of carbonyl (C=O) groups is 1. The Morgan fingerprint density at radius 3 is 2.30 bits per heavy atom. The third-order valence-corrected chi connectivity index (χ3v) is 3.02. The van der Waals surface area contributed by atoms with E-state index in [-0.39, 0.29) is 11.8 Å². The molecule has 0 bridgehead atoms. The normalized spacial score (nSPS) is 23.8. The van der Waals surface area contributed by atoms with Gasteiger partial charge in [0.1, 0.15) is 0 Å². The molecule has 1 amide bonds. The van der Waals surface area contributed by atoms with Gasteiger partial charge in [-0.3, -0.25) is 4.79 Å². The standard InChI is InChI=1S/C20H25NO2/c1-18-13-9-5-2-3-6-10-14-19(22)15-11-7-4-8-12-16-20(23)21-17-18/h2-14,16,18-19,22H,15,17H2,1H3,(H,21,23). The Morgan fingerprint density at radius 2 is 1.52 bits per heavy atom. The lowest BCUT2D eigenvalue weighted by molar-refractivity contribution is -0.116. The van der Waals surface area contributed by atoms with Gasteiger partial charge < -0.3 is 10.4 Å². The molecule has 1 rings (SSSR count). The number of amides is 1. The Hall–Kier alpha value is -2.39. The quantitative estimate of drug-likeness (QED) is 0.720. The fourth-order valence-electron chi connectivity index (χ4n) is 1.74. The van der Waals surface area contributed by atoms with Crippen molar-refractivity contribution in [3.05, 3.63) is 85.1 Å². The van der Waals surface area contributed by atoms with E-state index < -0.39 is 6.10 Å². The lowest BCUT2D eigenvalue weighted by atomic mass is 10.1. The van der Waals surface area contributed by atoms with E-state index in [0.717, 1.165) is 0 Å². The summed E-state index contributed by atoms with van der Waals surface area (Å²) < 4.78 is 0. The lowest BCUT2D eigenvalue weighted by Gasteiger charge is -2.05. The number of carbonyl (C=O) groups excluding carboxylic acids is 1. The second-order valence-electron chi connectivity index (χ2n) is 5.24. The van der Waals surface area contributed by atoms with E-state index in [4.69, 9.17) is 0 Å². The maximum Gasteiger partial charge on any atom is 0.243 e. The van der Waals surface area contributed by atoms with Crippen molar-refractivity contribution >= 4 is 5.91 Å². The van der Waals surface area contributed by atoms with Crippen LogP contribution >= 0.6 is 0 Å². The van der Waals surface area contributed by atoms with Crippen LogP contribution in [-0.4, -0.2) is 23.7 Å². The SMILES string of the molecule is CC1C=CC=CC=CC=CC(O)CC=CC=CC=CC(=O)NC1. The predicted octanol–water partition coefficient (Wildman–Crippen LogP) is 3.40. The number of aliphatic hydroxyl groups excluding tert-OH is 1. The van der Waals surface area contributed by atoms with Crippen molar-refractivity contribution in [3.8, 4) is 0 Å².